The predicted octanol–water partition coefficient (Wildman–Crippen LogP) is -5.79. The lowest BCUT2D eigenvalue weighted by atomic mass is 10.2. The average molecular weight is 692 g/mol. The van der Waals surface area contributed by atoms with Crippen molar-refractivity contribution in [3.8, 4) is 0 Å². The number of hydrogen-bond donors (Lipinski definition) is 13. The molecule has 0 aromatic carbocycles. The Bertz CT molecular complexity index is 1000. The van der Waals surface area contributed by atoms with Crippen molar-refractivity contribution in [2.75, 3.05) is 13.2 Å². The van der Waals surface area contributed by atoms with Gasteiger partial charge in [-0.05, 0) is 27.2 Å². The normalized spacial score (nSPS) is 13.2. The topological polar surface area (TPSA) is 476 Å². The zero-order valence-electron chi connectivity index (χ0n) is 25.7. The van der Waals surface area contributed by atoms with Gasteiger partial charge >= 0.3 is 53.7 Å². The number of carboxylic acid groups (broad SMARTS) is 6. The summed E-state index contributed by atoms with van der Waals surface area (Å²) in [5, 5.41) is 48.4. The molecule has 0 saturated carbocycles. The van der Waals surface area contributed by atoms with Gasteiger partial charge in [0, 0.05) is 6.42 Å². The van der Waals surface area contributed by atoms with Crippen molar-refractivity contribution in [1.82, 2.24) is 0 Å². The molecule has 20 N–H and O–H groups in total. The van der Waals surface area contributed by atoms with Crippen molar-refractivity contribution < 1.29 is 83.3 Å². The Balaban J connectivity index is -0.000000158. The van der Waals surface area contributed by atoms with Gasteiger partial charge in [0.05, 0.1) is 13.0 Å². The molecule has 0 aromatic heterocycles. The van der Waals surface area contributed by atoms with Gasteiger partial charge in [0.2, 0.25) is 0 Å². The first-order chi connectivity index (χ1) is 21.2. The quantitative estimate of drug-likeness (QED) is 0.0595. The van der Waals surface area contributed by atoms with Crippen LogP contribution >= 0.6 is 0 Å². The third kappa shape index (κ3) is 41.1. The number of nitrogens with two attached hydrogens (primary N) is 7. The van der Waals surface area contributed by atoms with Crippen molar-refractivity contribution in [1.29, 1.82) is 0 Å². The summed E-state index contributed by atoms with van der Waals surface area (Å²) in [6.07, 6.45) is -0.756. The lowest BCUT2D eigenvalue weighted by molar-refractivity contribution is -0.161. The molecule has 0 fully saturated rings. The number of hydrogen-bond acceptors (Lipinski definition) is 18. The molecular weight excluding hydrogens is 646 g/mol. The monoisotopic (exact) mass is 691 g/mol. The Morgan fingerprint density at radius 1 is 0.553 bits per heavy atom. The Morgan fingerprint density at radius 2 is 0.915 bits per heavy atom. The molecule has 0 heterocycles. The summed E-state index contributed by atoms with van der Waals surface area (Å²) in [6.45, 7) is 3.66. The van der Waals surface area contributed by atoms with E-state index in [1.807, 2.05) is 0 Å². The molecule has 6 atom stereocenters. The standard InChI is InChI=1S/C6H12N2O3.C5H10N2O4.C5H9NO4.C4H7NO4.C3H7NO2/c1-3(7)5(9)11-6(10)4(2)8;6-1-4(8)11-2-3(7)5(9)10;6-3(5(9)10)1-2-4(7)8;5-2(4(8)9)1-3(6)7;1-2(4)3(5)6/h3-4H,7-8H2,1-2H3;3H,1-2,6-7H2,(H,9,10);3H,1-2,6H2,(H,7,8)(H,9,10);2H,1,5H2,(H,6,7)(H,8,9);2H,4H2,1H3,(H,5,6)/t3-,4-;2*3-;2*2-/m00000/s1. The molecule has 274 valence electrons. The highest BCUT2D eigenvalue weighted by Gasteiger charge is 2.17. The van der Waals surface area contributed by atoms with E-state index >= 15 is 0 Å². The van der Waals surface area contributed by atoms with Crippen LogP contribution in [-0.2, 0) is 52.6 Å². The van der Waals surface area contributed by atoms with Gasteiger partial charge in [-0.2, -0.15) is 0 Å². The largest absolute Gasteiger partial charge is 0.481 e. The minimum atomic E-state index is -1.29. The second-order valence-electron chi connectivity index (χ2n) is 8.70. The number of carboxylic acids is 6. The molecule has 0 saturated heterocycles. The van der Waals surface area contributed by atoms with Gasteiger partial charge in [-0.15, -0.1) is 0 Å². The van der Waals surface area contributed by atoms with Gasteiger partial charge < -0.3 is 80.2 Å². The van der Waals surface area contributed by atoms with E-state index in [1.165, 1.54) is 20.8 Å². The summed E-state index contributed by atoms with van der Waals surface area (Å²) in [6, 6.07) is -5.84. The molecule has 0 amide bonds. The maximum Gasteiger partial charge on any atom is 0.330 e. The minimum Gasteiger partial charge on any atom is -0.481 e. The van der Waals surface area contributed by atoms with E-state index in [-0.39, 0.29) is 26.0 Å². The molecular formula is C23H45N7O17. The van der Waals surface area contributed by atoms with Crippen LogP contribution in [0.1, 0.15) is 40.0 Å². The van der Waals surface area contributed by atoms with E-state index < -0.39 is 96.4 Å². The highest BCUT2D eigenvalue weighted by molar-refractivity contribution is 5.90. The predicted molar refractivity (Wildman–Crippen MR) is 156 cm³/mol. The molecule has 0 bridgehead atoms. The van der Waals surface area contributed by atoms with Crippen LogP contribution in [-0.4, -0.2) is 134 Å². The molecule has 24 nitrogen and oxygen atoms in total. The number of aliphatic carboxylic acids is 6. The second-order valence-corrected chi connectivity index (χ2v) is 8.70. The molecule has 0 rings (SSSR count). The van der Waals surface area contributed by atoms with Gasteiger partial charge in [0.1, 0.15) is 42.9 Å². The van der Waals surface area contributed by atoms with Crippen molar-refractivity contribution >= 4 is 53.7 Å². The third-order valence-corrected chi connectivity index (χ3v) is 3.94. The number of esters is 3. The fourth-order valence-corrected chi connectivity index (χ4v) is 1.28. The first kappa shape index (κ1) is 51.7. The zero-order chi connectivity index (χ0) is 38.6. The fraction of sp³-hybridized carbons (Fsp3) is 0.609. The molecule has 0 unspecified atom stereocenters. The van der Waals surface area contributed by atoms with Crippen molar-refractivity contribution in [2.45, 2.75) is 76.3 Å². The van der Waals surface area contributed by atoms with Crippen molar-refractivity contribution in [3.63, 3.8) is 0 Å². The summed E-state index contributed by atoms with van der Waals surface area (Å²) < 4.78 is 8.59. The van der Waals surface area contributed by atoms with Gasteiger partial charge in [0.15, 0.2) is 0 Å². The molecule has 0 radical (unpaired) electrons. The highest BCUT2D eigenvalue weighted by atomic mass is 16.6. The molecule has 0 aliphatic carbocycles. The first-order valence-corrected chi connectivity index (χ1v) is 12.7. The number of ether oxygens (including phenoxy) is 2. The molecule has 24 heteroatoms. The Labute approximate surface area is 267 Å². The third-order valence-electron chi connectivity index (χ3n) is 3.94. The van der Waals surface area contributed by atoms with Crippen LogP contribution in [0.15, 0.2) is 0 Å². The van der Waals surface area contributed by atoms with Crippen LogP contribution in [0.3, 0.4) is 0 Å². The van der Waals surface area contributed by atoms with Crippen molar-refractivity contribution in [3.05, 3.63) is 0 Å². The Morgan fingerprint density at radius 3 is 1.13 bits per heavy atom. The SMILES string of the molecule is C[C@H](N)C(=O)O.C[C@H](N)C(=O)OC(=O)[C@H](C)N.NCC(=O)OC[C@H](N)C(=O)O.N[C@@H](CC(=O)O)C(=O)O.N[C@@H](CCC(=O)O)C(=O)O. The molecule has 0 aliphatic heterocycles. The van der Waals surface area contributed by atoms with E-state index in [0.717, 1.165) is 0 Å². The highest BCUT2D eigenvalue weighted by Crippen LogP contribution is 1.93. The number of carbonyl (C=O) groups is 9. The molecule has 0 aromatic rings. The van der Waals surface area contributed by atoms with E-state index in [4.69, 9.17) is 70.8 Å². The van der Waals surface area contributed by atoms with Crippen molar-refractivity contribution in [2.24, 2.45) is 40.1 Å². The van der Waals surface area contributed by atoms with E-state index in [2.05, 4.69) is 9.47 Å². The van der Waals surface area contributed by atoms with Crippen LogP contribution in [0.2, 0.25) is 0 Å². The molecule has 47 heavy (non-hydrogen) atoms. The van der Waals surface area contributed by atoms with Gasteiger partial charge in [-0.3, -0.25) is 33.6 Å². The Hall–Kier alpha value is -4.85. The van der Waals surface area contributed by atoms with E-state index in [9.17, 15) is 43.2 Å². The zero-order valence-corrected chi connectivity index (χ0v) is 25.7. The summed E-state index contributed by atoms with van der Waals surface area (Å²) >= 11 is 0. The van der Waals surface area contributed by atoms with Gasteiger partial charge in [-0.1, -0.05) is 0 Å². The maximum absolute atomic E-state index is 10.6. The van der Waals surface area contributed by atoms with Crippen LogP contribution in [0.5, 0.6) is 0 Å². The average Bonchev–Trinajstić information content (AvgIpc) is 2.94. The lowest BCUT2D eigenvalue weighted by Crippen LogP contribution is -2.36. The number of carbonyl (C=O) groups excluding carboxylic acids is 3. The van der Waals surface area contributed by atoms with Crippen LogP contribution in [0.4, 0.5) is 0 Å². The molecule has 0 aliphatic rings. The van der Waals surface area contributed by atoms with Gasteiger partial charge in [0.25, 0.3) is 0 Å². The summed E-state index contributed by atoms with van der Waals surface area (Å²) in [7, 11) is 0. The molecule has 0 spiro atoms. The second kappa shape index (κ2) is 29.8. The van der Waals surface area contributed by atoms with Crippen LogP contribution in [0.25, 0.3) is 0 Å². The summed E-state index contributed by atoms with van der Waals surface area (Å²) in [4.78, 5) is 90.7. The van der Waals surface area contributed by atoms with Crippen LogP contribution in [0, 0.1) is 0 Å². The lowest BCUT2D eigenvalue weighted by Gasteiger charge is -2.06. The van der Waals surface area contributed by atoms with E-state index in [1.54, 1.807) is 0 Å². The minimum absolute atomic E-state index is 0.0231. The Kier molecular flexibility index (Phi) is 32.8. The fourth-order valence-electron chi connectivity index (χ4n) is 1.28. The summed E-state index contributed by atoms with van der Waals surface area (Å²) in [5.41, 5.74) is 34.8. The van der Waals surface area contributed by atoms with Gasteiger partial charge in [-0.25, -0.2) is 9.59 Å². The smallest absolute Gasteiger partial charge is 0.330 e. The first-order valence-electron chi connectivity index (χ1n) is 12.7. The summed E-state index contributed by atoms with van der Waals surface area (Å²) in [5.74, 6) is -9.05. The number of rotatable bonds is 14. The van der Waals surface area contributed by atoms with E-state index in [0.29, 0.717) is 0 Å². The maximum atomic E-state index is 10.6. The van der Waals surface area contributed by atoms with Crippen LogP contribution < -0.4 is 40.1 Å².